The number of fused-ring (bicyclic) bond motifs is 1. The summed E-state index contributed by atoms with van der Waals surface area (Å²) >= 11 is 0. The third-order valence-corrected chi connectivity index (χ3v) is 5.24. The minimum atomic E-state index is -0.0750. The van der Waals surface area contributed by atoms with Crippen LogP contribution in [0.1, 0.15) is 17.3 Å². The topological polar surface area (TPSA) is 63.7 Å². The second-order valence-electron chi connectivity index (χ2n) is 7.24. The van der Waals surface area contributed by atoms with E-state index in [1.165, 1.54) is 0 Å². The summed E-state index contributed by atoms with van der Waals surface area (Å²) < 4.78 is 10.9. The van der Waals surface area contributed by atoms with Gasteiger partial charge in [-0.2, -0.15) is 0 Å². The Morgan fingerprint density at radius 2 is 1.90 bits per heavy atom. The number of hydrogen-bond acceptors (Lipinski definition) is 5. The summed E-state index contributed by atoms with van der Waals surface area (Å²) in [7, 11) is 0. The van der Waals surface area contributed by atoms with Gasteiger partial charge in [0, 0.05) is 37.1 Å². The lowest BCUT2D eigenvalue weighted by molar-refractivity contribution is 0.0383. The molecule has 1 N–H and O–H groups in total. The SMILES string of the molecule is CCOc1ccc(-c2cc(C(=O)NCCN3CCOCC3)c3ccccc3n2)cc1. The molecule has 6 heteroatoms. The first kappa shape index (κ1) is 20.3. The van der Waals surface area contributed by atoms with Crippen LogP contribution in [-0.2, 0) is 4.74 Å². The van der Waals surface area contributed by atoms with E-state index >= 15 is 0 Å². The molecule has 0 radical (unpaired) electrons. The van der Waals surface area contributed by atoms with Crippen molar-refractivity contribution in [3.63, 3.8) is 0 Å². The Hall–Kier alpha value is -2.96. The molecular weight excluding hydrogens is 378 g/mol. The van der Waals surface area contributed by atoms with Gasteiger partial charge in [-0.05, 0) is 43.3 Å². The summed E-state index contributed by atoms with van der Waals surface area (Å²) in [4.78, 5) is 20.1. The second kappa shape index (κ2) is 9.69. The highest BCUT2D eigenvalue weighted by Gasteiger charge is 2.15. The normalized spacial score (nSPS) is 14.6. The Bertz CT molecular complexity index is 998. The fraction of sp³-hybridized carbons (Fsp3) is 0.333. The van der Waals surface area contributed by atoms with Crippen LogP contribution in [0.3, 0.4) is 0 Å². The van der Waals surface area contributed by atoms with Crippen molar-refractivity contribution in [2.75, 3.05) is 46.0 Å². The maximum absolute atomic E-state index is 13.0. The standard InChI is InChI=1S/C24H27N3O3/c1-2-30-19-9-7-18(8-10-19)23-17-21(20-5-3-4-6-22(20)26-23)24(28)25-11-12-27-13-15-29-16-14-27/h3-10,17H,2,11-16H2,1H3,(H,25,28). The summed E-state index contributed by atoms with van der Waals surface area (Å²) in [5.74, 6) is 0.747. The molecule has 156 valence electrons. The monoisotopic (exact) mass is 405 g/mol. The van der Waals surface area contributed by atoms with E-state index in [1.807, 2.05) is 61.5 Å². The Kier molecular flexibility index (Phi) is 6.57. The Morgan fingerprint density at radius 1 is 1.13 bits per heavy atom. The third kappa shape index (κ3) is 4.78. The van der Waals surface area contributed by atoms with Crippen molar-refractivity contribution >= 4 is 16.8 Å². The van der Waals surface area contributed by atoms with Crippen LogP contribution in [0.5, 0.6) is 5.75 Å². The van der Waals surface area contributed by atoms with Gasteiger partial charge in [0.15, 0.2) is 0 Å². The van der Waals surface area contributed by atoms with Gasteiger partial charge < -0.3 is 14.8 Å². The zero-order chi connectivity index (χ0) is 20.8. The molecule has 3 aromatic rings. The number of aromatic nitrogens is 1. The van der Waals surface area contributed by atoms with E-state index in [9.17, 15) is 4.79 Å². The average molecular weight is 405 g/mol. The molecule has 2 aromatic carbocycles. The number of para-hydroxylation sites is 1. The molecule has 1 aliphatic heterocycles. The first-order chi connectivity index (χ1) is 14.7. The van der Waals surface area contributed by atoms with Gasteiger partial charge in [-0.25, -0.2) is 4.98 Å². The maximum atomic E-state index is 13.0. The predicted octanol–water partition coefficient (Wildman–Crippen LogP) is 3.36. The Morgan fingerprint density at radius 3 is 2.67 bits per heavy atom. The molecule has 30 heavy (non-hydrogen) atoms. The van der Waals surface area contributed by atoms with Crippen molar-refractivity contribution in [1.29, 1.82) is 0 Å². The predicted molar refractivity (Wildman–Crippen MR) is 118 cm³/mol. The fourth-order valence-corrected chi connectivity index (χ4v) is 3.65. The molecule has 1 aromatic heterocycles. The first-order valence-electron chi connectivity index (χ1n) is 10.5. The molecule has 2 heterocycles. The molecule has 1 saturated heterocycles. The first-order valence-corrected chi connectivity index (χ1v) is 10.5. The largest absolute Gasteiger partial charge is 0.494 e. The molecule has 1 fully saturated rings. The molecule has 0 bridgehead atoms. The van der Waals surface area contributed by atoms with Crippen molar-refractivity contribution in [1.82, 2.24) is 15.2 Å². The zero-order valence-corrected chi connectivity index (χ0v) is 17.3. The number of nitrogens with zero attached hydrogens (tertiary/aromatic N) is 2. The zero-order valence-electron chi connectivity index (χ0n) is 17.3. The van der Waals surface area contributed by atoms with Crippen LogP contribution in [0, 0.1) is 0 Å². The van der Waals surface area contributed by atoms with Gasteiger partial charge in [-0.1, -0.05) is 18.2 Å². The third-order valence-electron chi connectivity index (χ3n) is 5.24. The Labute approximate surface area is 176 Å². The molecule has 0 saturated carbocycles. The highest BCUT2D eigenvalue weighted by atomic mass is 16.5. The molecule has 0 spiro atoms. The van der Waals surface area contributed by atoms with Crippen LogP contribution in [0.15, 0.2) is 54.6 Å². The highest BCUT2D eigenvalue weighted by molar-refractivity contribution is 6.07. The van der Waals surface area contributed by atoms with Gasteiger partial charge in [0.05, 0.1) is 36.6 Å². The van der Waals surface area contributed by atoms with Crippen LogP contribution in [0.4, 0.5) is 0 Å². The minimum Gasteiger partial charge on any atom is -0.494 e. The van der Waals surface area contributed by atoms with E-state index < -0.39 is 0 Å². The number of hydrogen-bond donors (Lipinski definition) is 1. The quantitative estimate of drug-likeness (QED) is 0.653. The number of carbonyl (C=O) groups excluding carboxylic acids is 1. The van der Waals surface area contributed by atoms with Gasteiger partial charge >= 0.3 is 0 Å². The van der Waals surface area contributed by atoms with Crippen molar-refractivity contribution in [2.24, 2.45) is 0 Å². The minimum absolute atomic E-state index is 0.0750. The molecule has 0 aliphatic carbocycles. The number of morpholine rings is 1. The van der Waals surface area contributed by atoms with Crippen LogP contribution < -0.4 is 10.1 Å². The van der Waals surface area contributed by atoms with Crippen LogP contribution >= 0.6 is 0 Å². The number of pyridine rings is 1. The van der Waals surface area contributed by atoms with Gasteiger partial charge in [0.1, 0.15) is 5.75 Å². The number of rotatable bonds is 7. The smallest absolute Gasteiger partial charge is 0.252 e. The molecule has 6 nitrogen and oxygen atoms in total. The van der Waals surface area contributed by atoms with Crippen molar-refractivity contribution in [2.45, 2.75) is 6.92 Å². The van der Waals surface area contributed by atoms with Crippen LogP contribution in [0.25, 0.3) is 22.2 Å². The van der Waals surface area contributed by atoms with Crippen molar-refractivity contribution in [3.05, 3.63) is 60.2 Å². The van der Waals surface area contributed by atoms with Crippen molar-refractivity contribution < 1.29 is 14.3 Å². The van der Waals surface area contributed by atoms with E-state index in [1.54, 1.807) is 0 Å². The Balaban J connectivity index is 1.55. The molecule has 1 amide bonds. The number of amides is 1. The summed E-state index contributed by atoms with van der Waals surface area (Å²) in [5, 5.41) is 3.93. The lowest BCUT2D eigenvalue weighted by Crippen LogP contribution is -2.41. The summed E-state index contributed by atoms with van der Waals surface area (Å²) in [5.41, 5.74) is 3.18. The average Bonchev–Trinajstić information content (AvgIpc) is 2.80. The lowest BCUT2D eigenvalue weighted by atomic mass is 10.0. The summed E-state index contributed by atoms with van der Waals surface area (Å²) in [6, 6.07) is 17.4. The number of nitrogens with one attached hydrogen (secondary N) is 1. The highest BCUT2D eigenvalue weighted by Crippen LogP contribution is 2.26. The van der Waals surface area contributed by atoms with Crippen LogP contribution in [0.2, 0.25) is 0 Å². The number of ether oxygens (including phenoxy) is 2. The number of benzene rings is 2. The second-order valence-corrected chi connectivity index (χ2v) is 7.24. The molecule has 4 rings (SSSR count). The summed E-state index contributed by atoms with van der Waals surface area (Å²) in [6.45, 7) is 7.36. The van der Waals surface area contributed by atoms with Crippen molar-refractivity contribution in [3.8, 4) is 17.0 Å². The van der Waals surface area contributed by atoms with Gasteiger partial charge in [0.25, 0.3) is 5.91 Å². The maximum Gasteiger partial charge on any atom is 0.252 e. The van der Waals surface area contributed by atoms with E-state index in [-0.39, 0.29) is 5.91 Å². The van der Waals surface area contributed by atoms with E-state index in [0.29, 0.717) is 18.7 Å². The number of carbonyl (C=O) groups is 1. The summed E-state index contributed by atoms with van der Waals surface area (Å²) in [6.07, 6.45) is 0. The van der Waals surface area contributed by atoms with Gasteiger partial charge in [-0.15, -0.1) is 0 Å². The van der Waals surface area contributed by atoms with E-state index in [4.69, 9.17) is 14.5 Å². The van der Waals surface area contributed by atoms with Gasteiger partial charge in [-0.3, -0.25) is 9.69 Å². The molecule has 0 atom stereocenters. The van der Waals surface area contributed by atoms with Gasteiger partial charge in [0.2, 0.25) is 0 Å². The molecule has 0 unspecified atom stereocenters. The fourth-order valence-electron chi connectivity index (χ4n) is 3.65. The molecular formula is C24H27N3O3. The lowest BCUT2D eigenvalue weighted by Gasteiger charge is -2.26. The van der Waals surface area contributed by atoms with Crippen LogP contribution in [-0.4, -0.2) is 61.8 Å². The molecule has 1 aliphatic rings. The van der Waals surface area contributed by atoms with E-state index in [2.05, 4.69) is 10.2 Å². The van der Waals surface area contributed by atoms with E-state index in [0.717, 1.165) is 60.8 Å².